The van der Waals surface area contributed by atoms with Crippen LogP contribution in [-0.4, -0.2) is 25.5 Å². The predicted octanol–water partition coefficient (Wildman–Crippen LogP) is 2.74. The molecule has 0 radical (unpaired) electrons. The molecule has 0 saturated heterocycles. The largest absolute Gasteiger partial charge is 0.397 e. The van der Waals surface area contributed by atoms with Crippen molar-refractivity contribution in [3.05, 3.63) is 41.6 Å². The van der Waals surface area contributed by atoms with E-state index in [9.17, 15) is 0 Å². The molecular formula is C17H27N3. The van der Waals surface area contributed by atoms with Crippen LogP contribution in [0.4, 0.5) is 0 Å². The average molecular weight is 273 g/mol. The molecule has 3 heteroatoms. The maximum absolute atomic E-state index is 6.07. The zero-order valence-corrected chi connectivity index (χ0v) is 12.7. The molecule has 3 nitrogen and oxygen atoms in total. The Bertz CT molecular complexity index is 440. The van der Waals surface area contributed by atoms with E-state index in [1.165, 1.54) is 31.2 Å². The molecule has 1 aliphatic carbocycles. The molecule has 2 rings (SSSR count). The standard InChI is InChI=1S/C17H27N3/c1-20(2)12-17(19)16-9-7-15(8-10-16)14-5-3-13(11-18)4-6-14/h7-10,12-14H,3-6,11,18-19H2,1-2H3/b17-12-/t13-,14-. The van der Waals surface area contributed by atoms with E-state index >= 15 is 0 Å². The van der Waals surface area contributed by atoms with Crippen LogP contribution in [0.25, 0.3) is 5.70 Å². The molecule has 0 atom stereocenters. The number of rotatable bonds is 4. The Morgan fingerprint density at radius 2 is 1.75 bits per heavy atom. The Morgan fingerprint density at radius 3 is 2.25 bits per heavy atom. The smallest absolute Gasteiger partial charge is 0.0549 e. The minimum absolute atomic E-state index is 0.700. The number of nitrogens with zero attached hydrogens (tertiary/aromatic N) is 1. The summed E-state index contributed by atoms with van der Waals surface area (Å²) in [6.45, 7) is 0.845. The lowest BCUT2D eigenvalue weighted by Gasteiger charge is -2.28. The van der Waals surface area contributed by atoms with Crippen molar-refractivity contribution in [1.29, 1.82) is 0 Å². The van der Waals surface area contributed by atoms with Crippen molar-refractivity contribution in [2.75, 3.05) is 20.6 Å². The summed E-state index contributed by atoms with van der Waals surface area (Å²) in [7, 11) is 3.97. The van der Waals surface area contributed by atoms with E-state index < -0.39 is 0 Å². The van der Waals surface area contributed by atoms with E-state index in [0.29, 0.717) is 5.92 Å². The van der Waals surface area contributed by atoms with Crippen molar-refractivity contribution >= 4 is 5.70 Å². The summed E-state index contributed by atoms with van der Waals surface area (Å²) in [5, 5.41) is 0. The van der Waals surface area contributed by atoms with E-state index in [-0.39, 0.29) is 0 Å². The summed E-state index contributed by atoms with van der Waals surface area (Å²) in [5.74, 6) is 1.44. The molecule has 20 heavy (non-hydrogen) atoms. The number of nitrogens with two attached hydrogens (primary N) is 2. The first-order valence-electron chi connectivity index (χ1n) is 7.54. The normalized spacial score (nSPS) is 23.6. The van der Waals surface area contributed by atoms with Crippen LogP contribution in [0, 0.1) is 5.92 Å². The van der Waals surface area contributed by atoms with Gasteiger partial charge in [-0.1, -0.05) is 24.3 Å². The average Bonchev–Trinajstić information content (AvgIpc) is 2.47. The fourth-order valence-corrected chi connectivity index (χ4v) is 3.03. The molecule has 0 amide bonds. The lowest BCUT2D eigenvalue weighted by atomic mass is 9.78. The van der Waals surface area contributed by atoms with Gasteiger partial charge in [0.05, 0.1) is 5.70 Å². The number of benzene rings is 1. The van der Waals surface area contributed by atoms with Crippen molar-refractivity contribution in [2.45, 2.75) is 31.6 Å². The van der Waals surface area contributed by atoms with Crippen molar-refractivity contribution in [2.24, 2.45) is 17.4 Å². The van der Waals surface area contributed by atoms with Gasteiger partial charge in [0.25, 0.3) is 0 Å². The van der Waals surface area contributed by atoms with Gasteiger partial charge in [-0.2, -0.15) is 0 Å². The fraction of sp³-hybridized carbons (Fsp3) is 0.529. The summed E-state index contributed by atoms with van der Waals surface area (Å²) in [6, 6.07) is 8.75. The van der Waals surface area contributed by atoms with Gasteiger partial charge < -0.3 is 16.4 Å². The number of hydrogen-bond acceptors (Lipinski definition) is 3. The third-order valence-electron chi connectivity index (χ3n) is 4.29. The molecule has 0 unspecified atom stereocenters. The van der Waals surface area contributed by atoms with Crippen molar-refractivity contribution in [1.82, 2.24) is 4.90 Å². The van der Waals surface area contributed by atoms with Crippen LogP contribution in [0.3, 0.4) is 0 Å². The van der Waals surface area contributed by atoms with Crippen molar-refractivity contribution < 1.29 is 0 Å². The van der Waals surface area contributed by atoms with E-state index in [1.54, 1.807) is 0 Å². The second-order valence-corrected chi connectivity index (χ2v) is 6.12. The minimum Gasteiger partial charge on any atom is -0.397 e. The Morgan fingerprint density at radius 1 is 1.15 bits per heavy atom. The Kier molecular flexibility index (Phi) is 5.07. The zero-order chi connectivity index (χ0) is 14.5. The quantitative estimate of drug-likeness (QED) is 0.887. The maximum atomic E-state index is 6.07. The van der Waals surface area contributed by atoms with Gasteiger partial charge in [0.2, 0.25) is 0 Å². The second-order valence-electron chi connectivity index (χ2n) is 6.12. The van der Waals surface area contributed by atoms with Gasteiger partial charge in [0.15, 0.2) is 0 Å². The van der Waals surface area contributed by atoms with Crippen molar-refractivity contribution in [3.63, 3.8) is 0 Å². The van der Waals surface area contributed by atoms with Gasteiger partial charge >= 0.3 is 0 Å². The molecule has 1 aromatic rings. The molecule has 1 saturated carbocycles. The molecule has 110 valence electrons. The monoisotopic (exact) mass is 273 g/mol. The molecule has 0 heterocycles. The SMILES string of the molecule is CN(C)/C=C(\N)c1ccc([C@H]2CC[C@H](CN)CC2)cc1. The number of hydrogen-bond donors (Lipinski definition) is 2. The van der Waals surface area contributed by atoms with Gasteiger partial charge in [-0.3, -0.25) is 0 Å². The Labute approximate surface area is 122 Å². The Balaban J connectivity index is 2.02. The molecule has 1 aliphatic rings. The first kappa shape index (κ1) is 14.9. The summed E-state index contributed by atoms with van der Waals surface area (Å²) in [6.07, 6.45) is 7.02. The minimum atomic E-state index is 0.700. The third kappa shape index (κ3) is 3.76. The van der Waals surface area contributed by atoms with Gasteiger partial charge in [-0.25, -0.2) is 0 Å². The van der Waals surface area contributed by atoms with Gasteiger partial charge in [-0.05, 0) is 55.2 Å². The second kappa shape index (κ2) is 6.80. The zero-order valence-electron chi connectivity index (χ0n) is 12.7. The molecule has 4 N–H and O–H groups in total. The Hall–Kier alpha value is -1.48. The van der Waals surface area contributed by atoms with Crippen molar-refractivity contribution in [3.8, 4) is 0 Å². The predicted molar refractivity (Wildman–Crippen MR) is 86.0 cm³/mol. The van der Waals surface area contributed by atoms with Crippen LogP contribution in [0.15, 0.2) is 30.5 Å². The topological polar surface area (TPSA) is 55.3 Å². The van der Waals surface area contributed by atoms with Crippen LogP contribution in [0.2, 0.25) is 0 Å². The van der Waals surface area contributed by atoms with Crippen LogP contribution >= 0.6 is 0 Å². The van der Waals surface area contributed by atoms with E-state index in [1.807, 2.05) is 25.2 Å². The van der Waals surface area contributed by atoms with E-state index in [2.05, 4.69) is 24.3 Å². The molecular weight excluding hydrogens is 246 g/mol. The van der Waals surface area contributed by atoms with Gasteiger partial charge in [0.1, 0.15) is 0 Å². The van der Waals surface area contributed by atoms with E-state index in [0.717, 1.165) is 23.7 Å². The highest BCUT2D eigenvalue weighted by Gasteiger charge is 2.21. The lowest BCUT2D eigenvalue weighted by molar-refractivity contribution is 0.333. The molecule has 0 bridgehead atoms. The summed E-state index contributed by atoms with van der Waals surface area (Å²) >= 11 is 0. The highest BCUT2D eigenvalue weighted by molar-refractivity contribution is 5.62. The molecule has 0 spiro atoms. The van der Waals surface area contributed by atoms with Crippen LogP contribution in [-0.2, 0) is 0 Å². The fourth-order valence-electron chi connectivity index (χ4n) is 3.03. The summed E-state index contributed by atoms with van der Waals surface area (Å²) in [4.78, 5) is 1.97. The molecule has 0 aliphatic heterocycles. The third-order valence-corrected chi connectivity index (χ3v) is 4.29. The highest BCUT2D eigenvalue weighted by Crippen LogP contribution is 2.35. The van der Waals surface area contributed by atoms with Crippen LogP contribution < -0.4 is 11.5 Å². The van der Waals surface area contributed by atoms with Gasteiger partial charge in [0, 0.05) is 20.3 Å². The molecule has 1 fully saturated rings. The maximum Gasteiger partial charge on any atom is 0.0549 e. The highest BCUT2D eigenvalue weighted by atomic mass is 15.0. The van der Waals surface area contributed by atoms with E-state index in [4.69, 9.17) is 11.5 Å². The van der Waals surface area contributed by atoms with Crippen LogP contribution in [0.1, 0.15) is 42.7 Å². The van der Waals surface area contributed by atoms with Crippen LogP contribution in [0.5, 0.6) is 0 Å². The summed E-state index contributed by atoms with van der Waals surface area (Å²) < 4.78 is 0. The first-order chi connectivity index (χ1) is 9.60. The lowest BCUT2D eigenvalue weighted by Crippen LogP contribution is -2.20. The van der Waals surface area contributed by atoms with Gasteiger partial charge in [-0.15, -0.1) is 0 Å². The first-order valence-corrected chi connectivity index (χ1v) is 7.54. The molecule has 0 aromatic heterocycles. The summed E-state index contributed by atoms with van der Waals surface area (Å²) in [5.41, 5.74) is 15.2. The molecule has 1 aromatic carbocycles.